The number of rotatable bonds is 3. The van der Waals surface area contributed by atoms with E-state index >= 15 is 0 Å². The number of hydrogen-bond donors (Lipinski definition) is 2. The van der Waals surface area contributed by atoms with Crippen molar-refractivity contribution in [3.8, 4) is 0 Å². The Balaban J connectivity index is 1.51. The minimum absolute atomic E-state index is 0.0950. The summed E-state index contributed by atoms with van der Waals surface area (Å²) in [5, 5.41) is 5.80. The summed E-state index contributed by atoms with van der Waals surface area (Å²) in [4.78, 5) is 25.9. The molecule has 2 aromatic carbocycles. The number of anilines is 1. The summed E-state index contributed by atoms with van der Waals surface area (Å²) in [6, 6.07) is 14.8. The maximum absolute atomic E-state index is 12.2. The molecule has 0 spiro atoms. The highest BCUT2D eigenvalue weighted by Gasteiger charge is 2.20. The van der Waals surface area contributed by atoms with Crippen molar-refractivity contribution in [1.29, 1.82) is 0 Å². The first-order valence-electron chi connectivity index (χ1n) is 7.77. The standard InChI is InChI=1S/C18H18ClN3O2/c19-15-7-3-4-8-16(15)21-17(23)11-20-18(24)22-10-9-13-5-1-2-6-14(13)12-22/h1-8H,9-12H2,(H,20,24)(H,21,23). The number of benzene rings is 2. The van der Waals surface area contributed by atoms with E-state index in [0.29, 0.717) is 23.8 Å². The van der Waals surface area contributed by atoms with Gasteiger partial charge in [0, 0.05) is 13.1 Å². The molecular weight excluding hydrogens is 326 g/mol. The van der Waals surface area contributed by atoms with Crippen molar-refractivity contribution in [3.05, 3.63) is 64.7 Å². The van der Waals surface area contributed by atoms with Crippen molar-refractivity contribution >= 4 is 29.2 Å². The Morgan fingerprint density at radius 2 is 1.75 bits per heavy atom. The van der Waals surface area contributed by atoms with Crippen molar-refractivity contribution in [1.82, 2.24) is 10.2 Å². The van der Waals surface area contributed by atoms with E-state index in [0.717, 1.165) is 12.0 Å². The van der Waals surface area contributed by atoms with Gasteiger partial charge in [0.1, 0.15) is 0 Å². The molecule has 2 N–H and O–H groups in total. The maximum Gasteiger partial charge on any atom is 0.318 e. The predicted octanol–water partition coefficient (Wildman–Crippen LogP) is 3.05. The number of carbonyl (C=O) groups excluding carboxylic acids is 2. The first kappa shape index (κ1) is 16.3. The van der Waals surface area contributed by atoms with Crippen LogP contribution in [0, 0.1) is 0 Å². The van der Waals surface area contributed by atoms with E-state index < -0.39 is 0 Å². The van der Waals surface area contributed by atoms with Crippen molar-refractivity contribution in [2.24, 2.45) is 0 Å². The zero-order valence-corrected chi connectivity index (χ0v) is 13.8. The second kappa shape index (κ2) is 7.36. The molecule has 0 saturated heterocycles. The van der Waals surface area contributed by atoms with Gasteiger partial charge in [-0.25, -0.2) is 4.79 Å². The van der Waals surface area contributed by atoms with E-state index in [9.17, 15) is 9.59 Å². The third kappa shape index (κ3) is 3.86. The van der Waals surface area contributed by atoms with E-state index in [1.165, 1.54) is 5.56 Å². The molecule has 3 amide bonds. The monoisotopic (exact) mass is 343 g/mol. The number of urea groups is 1. The Bertz CT molecular complexity index is 763. The molecule has 0 bridgehead atoms. The molecule has 0 fully saturated rings. The number of nitrogens with one attached hydrogen (secondary N) is 2. The van der Waals surface area contributed by atoms with Crippen LogP contribution in [-0.2, 0) is 17.8 Å². The van der Waals surface area contributed by atoms with Gasteiger partial charge in [0.2, 0.25) is 5.91 Å². The van der Waals surface area contributed by atoms with E-state index in [1.807, 2.05) is 18.2 Å². The third-order valence-electron chi connectivity index (χ3n) is 3.97. The van der Waals surface area contributed by atoms with Crippen molar-refractivity contribution in [2.45, 2.75) is 13.0 Å². The molecule has 0 aliphatic carbocycles. The van der Waals surface area contributed by atoms with Crippen LogP contribution >= 0.6 is 11.6 Å². The lowest BCUT2D eigenvalue weighted by molar-refractivity contribution is -0.115. The Morgan fingerprint density at radius 1 is 1.04 bits per heavy atom. The van der Waals surface area contributed by atoms with E-state index in [4.69, 9.17) is 11.6 Å². The van der Waals surface area contributed by atoms with E-state index in [2.05, 4.69) is 16.7 Å². The molecule has 1 heterocycles. The summed E-state index contributed by atoms with van der Waals surface area (Å²) in [6.45, 7) is 1.12. The van der Waals surface area contributed by atoms with Gasteiger partial charge in [0.25, 0.3) is 0 Å². The van der Waals surface area contributed by atoms with Crippen LogP contribution in [-0.4, -0.2) is 29.9 Å². The molecule has 0 unspecified atom stereocenters. The maximum atomic E-state index is 12.2. The molecule has 6 heteroatoms. The largest absolute Gasteiger partial charge is 0.329 e. The third-order valence-corrected chi connectivity index (χ3v) is 4.30. The topological polar surface area (TPSA) is 61.4 Å². The highest BCUT2D eigenvalue weighted by atomic mass is 35.5. The number of hydrogen-bond acceptors (Lipinski definition) is 2. The predicted molar refractivity (Wildman–Crippen MR) is 94.0 cm³/mol. The smallest absolute Gasteiger partial charge is 0.318 e. The SMILES string of the molecule is O=C(CNC(=O)N1CCc2ccccc2C1)Nc1ccccc1Cl. The molecule has 2 aromatic rings. The number of para-hydroxylation sites is 1. The molecule has 3 rings (SSSR count). The number of amides is 3. The lowest BCUT2D eigenvalue weighted by Gasteiger charge is -2.28. The first-order valence-corrected chi connectivity index (χ1v) is 8.15. The highest BCUT2D eigenvalue weighted by molar-refractivity contribution is 6.33. The van der Waals surface area contributed by atoms with Crippen LogP contribution in [0.3, 0.4) is 0 Å². The molecule has 0 saturated carbocycles. The molecular formula is C18H18ClN3O2. The fourth-order valence-corrected chi connectivity index (χ4v) is 2.88. The second-order valence-electron chi connectivity index (χ2n) is 5.63. The lowest BCUT2D eigenvalue weighted by Crippen LogP contribution is -2.45. The zero-order valence-electron chi connectivity index (χ0n) is 13.1. The molecule has 0 aromatic heterocycles. The van der Waals surface area contributed by atoms with Crippen LogP contribution in [0.15, 0.2) is 48.5 Å². The van der Waals surface area contributed by atoms with Gasteiger partial charge in [-0.05, 0) is 29.7 Å². The number of nitrogens with zero attached hydrogens (tertiary/aromatic N) is 1. The Labute approximate surface area is 145 Å². The minimum Gasteiger partial charge on any atom is -0.329 e. The van der Waals surface area contributed by atoms with Crippen molar-refractivity contribution < 1.29 is 9.59 Å². The number of carbonyl (C=O) groups is 2. The average molecular weight is 344 g/mol. The average Bonchev–Trinajstić information content (AvgIpc) is 2.61. The van der Waals surface area contributed by atoms with E-state index in [-0.39, 0.29) is 18.5 Å². The Hall–Kier alpha value is -2.53. The summed E-state index contributed by atoms with van der Waals surface area (Å²) in [6.07, 6.45) is 0.829. The molecule has 5 nitrogen and oxygen atoms in total. The fraction of sp³-hybridized carbons (Fsp3) is 0.222. The minimum atomic E-state index is -0.311. The van der Waals surface area contributed by atoms with Gasteiger partial charge in [-0.3, -0.25) is 4.79 Å². The summed E-state index contributed by atoms with van der Waals surface area (Å²) < 4.78 is 0. The van der Waals surface area contributed by atoms with Crippen molar-refractivity contribution in [2.75, 3.05) is 18.4 Å². The number of halogens is 1. The van der Waals surface area contributed by atoms with Crippen LogP contribution in [0.1, 0.15) is 11.1 Å². The molecule has 1 aliphatic rings. The molecule has 1 aliphatic heterocycles. The Kier molecular flexibility index (Phi) is 5.01. The van der Waals surface area contributed by atoms with Crippen LogP contribution in [0.4, 0.5) is 10.5 Å². The molecule has 124 valence electrons. The normalized spacial score (nSPS) is 13.1. The molecule has 24 heavy (non-hydrogen) atoms. The van der Waals surface area contributed by atoms with Crippen LogP contribution in [0.2, 0.25) is 5.02 Å². The summed E-state index contributed by atoms with van der Waals surface area (Å²) in [5.74, 6) is -0.311. The number of fused-ring (bicyclic) bond motifs is 1. The highest BCUT2D eigenvalue weighted by Crippen LogP contribution is 2.20. The first-order chi connectivity index (χ1) is 11.6. The molecule has 0 radical (unpaired) electrons. The van der Waals surface area contributed by atoms with Crippen molar-refractivity contribution in [3.63, 3.8) is 0 Å². The Morgan fingerprint density at radius 3 is 2.54 bits per heavy atom. The van der Waals surface area contributed by atoms with Gasteiger partial charge in [-0.15, -0.1) is 0 Å². The summed E-state index contributed by atoms with van der Waals surface area (Å²) in [5.41, 5.74) is 2.96. The fourth-order valence-electron chi connectivity index (χ4n) is 2.69. The van der Waals surface area contributed by atoms with E-state index in [1.54, 1.807) is 29.2 Å². The van der Waals surface area contributed by atoms with Crippen LogP contribution in [0.5, 0.6) is 0 Å². The van der Waals surface area contributed by atoms with Crippen LogP contribution in [0.25, 0.3) is 0 Å². The van der Waals surface area contributed by atoms with Gasteiger partial charge >= 0.3 is 6.03 Å². The zero-order chi connectivity index (χ0) is 16.9. The van der Waals surface area contributed by atoms with Crippen LogP contribution < -0.4 is 10.6 Å². The van der Waals surface area contributed by atoms with Gasteiger partial charge in [0.05, 0.1) is 17.3 Å². The van der Waals surface area contributed by atoms with Gasteiger partial charge in [-0.1, -0.05) is 48.0 Å². The second-order valence-corrected chi connectivity index (χ2v) is 6.03. The lowest BCUT2D eigenvalue weighted by atomic mass is 10.0. The van der Waals surface area contributed by atoms with Gasteiger partial charge < -0.3 is 15.5 Å². The quantitative estimate of drug-likeness (QED) is 0.899. The molecule has 0 atom stereocenters. The van der Waals surface area contributed by atoms with Gasteiger partial charge in [-0.2, -0.15) is 0 Å². The summed E-state index contributed by atoms with van der Waals surface area (Å²) >= 11 is 5.99. The van der Waals surface area contributed by atoms with Gasteiger partial charge in [0.15, 0.2) is 0 Å². The summed E-state index contributed by atoms with van der Waals surface area (Å²) in [7, 11) is 0.